The number of nitrogens with one attached hydrogen (secondary N) is 1. The Kier molecular flexibility index (Phi) is 5.77. The number of carbonyl (C=O) groups excluding carboxylic acids is 1. The molecular weight excluding hydrogens is 364 g/mol. The standard InChI is InChI=1S/C24H24N2O3/c1-18-3-2-4-23(17-18)29-22-11-7-20(8-12-22)25-24(27)19-5-9-21(10-6-19)26-13-15-28-16-14-26/h2-12,17H,13-16H2,1H3,(H,25,27). The third-order valence-electron chi connectivity index (χ3n) is 4.84. The van der Waals surface area contributed by atoms with E-state index in [4.69, 9.17) is 9.47 Å². The molecule has 1 amide bonds. The zero-order valence-corrected chi connectivity index (χ0v) is 16.4. The largest absolute Gasteiger partial charge is 0.457 e. The Balaban J connectivity index is 1.36. The molecule has 1 N–H and O–H groups in total. The van der Waals surface area contributed by atoms with Crippen molar-refractivity contribution in [3.63, 3.8) is 0 Å². The lowest BCUT2D eigenvalue weighted by Crippen LogP contribution is -2.36. The molecule has 1 fully saturated rings. The Labute approximate surface area is 170 Å². The lowest BCUT2D eigenvalue weighted by atomic mass is 10.1. The topological polar surface area (TPSA) is 50.8 Å². The molecule has 0 atom stereocenters. The van der Waals surface area contributed by atoms with Crippen LogP contribution < -0.4 is 15.0 Å². The van der Waals surface area contributed by atoms with E-state index in [0.29, 0.717) is 5.56 Å². The van der Waals surface area contributed by atoms with Gasteiger partial charge in [0.2, 0.25) is 0 Å². The van der Waals surface area contributed by atoms with Crippen LogP contribution in [0, 0.1) is 6.92 Å². The molecule has 0 radical (unpaired) electrons. The van der Waals surface area contributed by atoms with Crippen molar-refractivity contribution in [3.05, 3.63) is 83.9 Å². The fourth-order valence-corrected chi connectivity index (χ4v) is 3.27. The molecule has 0 aliphatic carbocycles. The molecule has 1 saturated heterocycles. The van der Waals surface area contributed by atoms with E-state index in [-0.39, 0.29) is 5.91 Å². The number of benzene rings is 3. The van der Waals surface area contributed by atoms with E-state index >= 15 is 0 Å². The number of nitrogens with zero attached hydrogens (tertiary/aromatic N) is 1. The first kappa shape index (κ1) is 19.0. The Hall–Kier alpha value is -3.31. The summed E-state index contributed by atoms with van der Waals surface area (Å²) in [4.78, 5) is 14.8. The van der Waals surface area contributed by atoms with Gasteiger partial charge >= 0.3 is 0 Å². The number of aryl methyl sites for hydroxylation is 1. The van der Waals surface area contributed by atoms with Crippen LogP contribution in [-0.4, -0.2) is 32.2 Å². The second kappa shape index (κ2) is 8.80. The molecule has 5 nitrogen and oxygen atoms in total. The summed E-state index contributed by atoms with van der Waals surface area (Å²) in [6.45, 7) is 5.27. The number of carbonyl (C=O) groups is 1. The van der Waals surface area contributed by atoms with Crippen molar-refractivity contribution in [1.29, 1.82) is 0 Å². The van der Waals surface area contributed by atoms with Crippen LogP contribution in [0.4, 0.5) is 11.4 Å². The highest BCUT2D eigenvalue weighted by molar-refractivity contribution is 6.04. The Morgan fingerprint density at radius 2 is 1.66 bits per heavy atom. The summed E-state index contributed by atoms with van der Waals surface area (Å²) in [5.41, 5.74) is 3.61. The highest BCUT2D eigenvalue weighted by atomic mass is 16.5. The monoisotopic (exact) mass is 388 g/mol. The molecule has 3 aromatic rings. The van der Waals surface area contributed by atoms with E-state index in [0.717, 1.165) is 54.7 Å². The summed E-state index contributed by atoms with van der Waals surface area (Å²) in [5, 5.41) is 2.93. The average molecular weight is 388 g/mol. The minimum atomic E-state index is -0.133. The number of hydrogen-bond acceptors (Lipinski definition) is 4. The Bertz CT molecular complexity index is 962. The number of amides is 1. The Morgan fingerprint density at radius 1 is 0.931 bits per heavy atom. The molecule has 0 bridgehead atoms. The average Bonchev–Trinajstić information content (AvgIpc) is 2.76. The van der Waals surface area contributed by atoms with Crippen LogP contribution in [0.3, 0.4) is 0 Å². The van der Waals surface area contributed by atoms with E-state index in [1.807, 2.05) is 79.7 Å². The summed E-state index contributed by atoms with van der Waals surface area (Å²) in [6, 6.07) is 22.9. The van der Waals surface area contributed by atoms with Gasteiger partial charge < -0.3 is 19.7 Å². The maximum atomic E-state index is 12.5. The zero-order valence-electron chi connectivity index (χ0n) is 16.4. The molecule has 0 saturated carbocycles. The quantitative estimate of drug-likeness (QED) is 0.677. The lowest BCUT2D eigenvalue weighted by Gasteiger charge is -2.28. The minimum absolute atomic E-state index is 0.133. The van der Waals surface area contributed by atoms with Crippen molar-refractivity contribution >= 4 is 17.3 Å². The third-order valence-corrected chi connectivity index (χ3v) is 4.84. The van der Waals surface area contributed by atoms with Gasteiger partial charge in [-0.1, -0.05) is 12.1 Å². The smallest absolute Gasteiger partial charge is 0.255 e. The van der Waals surface area contributed by atoms with Crippen molar-refractivity contribution in [3.8, 4) is 11.5 Å². The summed E-state index contributed by atoms with van der Waals surface area (Å²) in [6.07, 6.45) is 0. The minimum Gasteiger partial charge on any atom is -0.457 e. The molecule has 0 spiro atoms. The van der Waals surface area contributed by atoms with E-state index < -0.39 is 0 Å². The van der Waals surface area contributed by atoms with Gasteiger partial charge in [-0.05, 0) is 73.2 Å². The van der Waals surface area contributed by atoms with E-state index in [1.54, 1.807) is 0 Å². The zero-order chi connectivity index (χ0) is 20.1. The molecule has 148 valence electrons. The summed E-state index contributed by atoms with van der Waals surface area (Å²) in [7, 11) is 0. The number of rotatable bonds is 5. The number of anilines is 2. The number of ether oxygens (including phenoxy) is 2. The van der Waals surface area contributed by atoms with Crippen molar-refractivity contribution in [2.24, 2.45) is 0 Å². The first-order valence-corrected chi connectivity index (χ1v) is 9.76. The van der Waals surface area contributed by atoms with Gasteiger partial charge in [0, 0.05) is 30.0 Å². The predicted molar refractivity (Wildman–Crippen MR) is 115 cm³/mol. The second-order valence-corrected chi connectivity index (χ2v) is 7.04. The summed E-state index contributed by atoms with van der Waals surface area (Å²) in [5.74, 6) is 1.39. The number of hydrogen-bond donors (Lipinski definition) is 1. The molecule has 5 heteroatoms. The highest BCUT2D eigenvalue weighted by Gasteiger charge is 2.12. The first-order chi connectivity index (χ1) is 14.2. The maximum Gasteiger partial charge on any atom is 0.255 e. The van der Waals surface area contributed by atoms with E-state index in [2.05, 4.69) is 10.2 Å². The van der Waals surface area contributed by atoms with Crippen molar-refractivity contribution in [1.82, 2.24) is 0 Å². The van der Waals surface area contributed by atoms with Gasteiger partial charge in [0.15, 0.2) is 0 Å². The van der Waals surface area contributed by atoms with Crippen LogP contribution in [0.5, 0.6) is 11.5 Å². The molecule has 1 aliphatic heterocycles. The normalized spacial score (nSPS) is 13.8. The van der Waals surface area contributed by atoms with Gasteiger partial charge in [0.25, 0.3) is 5.91 Å². The first-order valence-electron chi connectivity index (χ1n) is 9.76. The number of morpholine rings is 1. The van der Waals surface area contributed by atoms with Gasteiger partial charge in [-0.15, -0.1) is 0 Å². The van der Waals surface area contributed by atoms with Crippen molar-refractivity contribution in [2.45, 2.75) is 6.92 Å². The van der Waals surface area contributed by atoms with E-state index in [9.17, 15) is 4.79 Å². The Morgan fingerprint density at radius 3 is 2.34 bits per heavy atom. The summed E-state index contributed by atoms with van der Waals surface area (Å²) >= 11 is 0. The SMILES string of the molecule is Cc1cccc(Oc2ccc(NC(=O)c3ccc(N4CCOCC4)cc3)cc2)c1. The van der Waals surface area contributed by atoms with Crippen molar-refractivity contribution < 1.29 is 14.3 Å². The van der Waals surface area contributed by atoms with Crippen LogP contribution in [-0.2, 0) is 4.74 Å². The fourth-order valence-electron chi connectivity index (χ4n) is 3.27. The predicted octanol–water partition coefficient (Wildman–Crippen LogP) is 4.88. The molecule has 3 aromatic carbocycles. The second-order valence-electron chi connectivity index (χ2n) is 7.04. The van der Waals surface area contributed by atoms with Gasteiger partial charge in [-0.3, -0.25) is 4.79 Å². The van der Waals surface area contributed by atoms with Crippen LogP contribution in [0.2, 0.25) is 0 Å². The van der Waals surface area contributed by atoms with Crippen LogP contribution in [0.1, 0.15) is 15.9 Å². The third kappa shape index (κ3) is 4.95. The molecule has 0 aromatic heterocycles. The fraction of sp³-hybridized carbons (Fsp3) is 0.208. The van der Waals surface area contributed by atoms with Gasteiger partial charge in [-0.2, -0.15) is 0 Å². The molecule has 0 unspecified atom stereocenters. The molecule has 29 heavy (non-hydrogen) atoms. The molecule has 1 aliphatic rings. The van der Waals surface area contributed by atoms with Crippen LogP contribution in [0.15, 0.2) is 72.8 Å². The highest BCUT2D eigenvalue weighted by Crippen LogP contribution is 2.24. The molecular formula is C24H24N2O3. The van der Waals surface area contributed by atoms with Crippen LogP contribution in [0.25, 0.3) is 0 Å². The van der Waals surface area contributed by atoms with Crippen LogP contribution >= 0.6 is 0 Å². The van der Waals surface area contributed by atoms with Gasteiger partial charge in [-0.25, -0.2) is 0 Å². The lowest BCUT2D eigenvalue weighted by molar-refractivity contribution is 0.102. The van der Waals surface area contributed by atoms with Gasteiger partial charge in [0.05, 0.1) is 13.2 Å². The van der Waals surface area contributed by atoms with Crippen molar-refractivity contribution in [2.75, 3.05) is 36.5 Å². The maximum absolute atomic E-state index is 12.5. The molecule has 1 heterocycles. The molecule has 4 rings (SSSR count). The van der Waals surface area contributed by atoms with E-state index in [1.165, 1.54) is 0 Å². The van der Waals surface area contributed by atoms with Gasteiger partial charge in [0.1, 0.15) is 11.5 Å². The summed E-state index contributed by atoms with van der Waals surface area (Å²) < 4.78 is 11.2.